The van der Waals surface area contributed by atoms with E-state index in [-0.39, 0.29) is 24.3 Å². The number of carbonyl (C=O) groups excluding carboxylic acids is 3. The van der Waals surface area contributed by atoms with Crippen molar-refractivity contribution < 1.29 is 14.4 Å². The molecule has 0 aliphatic carbocycles. The summed E-state index contributed by atoms with van der Waals surface area (Å²) in [5.74, 6) is -0.187. The van der Waals surface area contributed by atoms with Gasteiger partial charge in [-0.3, -0.25) is 14.4 Å². The van der Waals surface area contributed by atoms with Crippen molar-refractivity contribution in [3.05, 3.63) is 29.3 Å². The third-order valence-corrected chi connectivity index (χ3v) is 4.72. The molecule has 1 saturated heterocycles. The number of aryl methyl sites for hydroxylation is 2. The van der Waals surface area contributed by atoms with E-state index in [0.717, 1.165) is 23.2 Å². The second-order valence-electron chi connectivity index (χ2n) is 6.43. The van der Waals surface area contributed by atoms with Gasteiger partial charge < -0.3 is 14.7 Å². The van der Waals surface area contributed by atoms with Crippen LogP contribution in [0.3, 0.4) is 0 Å². The molecule has 0 atom stereocenters. The second kappa shape index (κ2) is 8.14. The molecule has 1 fully saturated rings. The second-order valence-corrected chi connectivity index (χ2v) is 6.43. The van der Waals surface area contributed by atoms with Gasteiger partial charge in [0, 0.05) is 40.0 Å². The maximum absolute atomic E-state index is 12.7. The van der Waals surface area contributed by atoms with Gasteiger partial charge >= 0.3 is 0 Å². The molecule has 0 radical (unpaired) electrons. The molecule has 0 aromatic heterocycles. The van der Waals surface area contributed by atoms with E-state index in [9.17, 15) is 14.4 Å². The highest BCUT2D eigenvalue weighted by atomic mass is 16.2. The molecule has 0 N–H and O–H groups in total. The van der Waals surface area contributed by atoms with Crippen LogP contribution in [0.2, 0.25) is 0 Å². The number of hydrogen-bond donors (Lipinski definition) is 0. The summed E-state index contributed by atoms with van der Waals surface area (Å²) in [7, 11) is 0. The van der Waals surface area contributed by atoms with Crippen molar-refractivity contribution in [3.8, 4) is 0 Å². The van der Waals surface area contributed by atoms with Gasteiger partial charge in [-0.1, -0.05) is 25.1 Å². The van der Waals surface area contributed by atoms with Gasteiger partial charge in [0.1, 0.15) is 6.54 Å². The quantitative estimate of drug-likeness (QED) is 0.833. The maximum atomic E-state index is 12.7. The normalized spacial score (nSPS) is 14.4. The number of amides is 3. The molecular weight excluding hydrogens is 318 g/mol. The van der Waals surface area contributed by atoms with E-state index >= 15 is 0 Å². The summed E-state index contributed by atoms with van der Waals surface area (Å²) in [5.41, 5.74) is 2.89. The predicted molar refractivity (Wildman–Crippen MR) is 97.4 cm³/mol. The van der Waals surface area contributed by atoms with E-state index < -0.39 is 0 Å². The fraction of sp³-hybridized carbons (Fsp3) is 0.526. The van der Waals surface area contributed by atoms with Crippen LogP contribution in [-0.2, 0) is 20.8 Å². The van der Waals surface area contributed by atoms with Crippen molar-refractivity contribution in [1.82, 2.24) is 9.80 Å². The topological polar surface area (TPSA) is 60.9 Å². The molecule has 1 aliphatic heterocycles. The SMILES string of the molecule is CCc1cccc(C)c1N(CC(=O)N1CCN(C(C)=O)CC1)C(C)=O. The number of hydrogen-bond acceptors (Lipinski definition) is 3. The lowest BCUT2D eigenvalue weighted by atomic mass is 10.0. The summed E-state index contributed by atoms with van der Waals surface area (Å²) in [4.78, 5) is 41.4. The summed E-state index contributed by atoms with van der Waals surface area (Å²) in [5, 5.41) is 0. The minimum absolute atomic E-state index is 0.0324. The van der Waals surface area contributed by atoms with Crippen LogP contribution in [0.15, 0.2) is 18.2 Å². The molecule has 136 valence electrons. The molecule has 6 nitrogen and oxygen atoms in total. The Labute approximate surface area is 149 Å². The summed E-state index contributed by atoms with van der Waals surface area (Å²) < 4.78 is 0. The molecule has 1 aromatic rings. The average Bonchev–Trinajstić information content (AvgIpc) is 2.59. The summed E-state index contributed by atoms with van der Waals surface area (Å²) in [6.45, 7) is 9.19. The fourth-order valence-electron chi connectivity index (χ4n) is 3.25. The number of para-hydroxylation sites is 1. The zero-order chi connectivity index (χ0) is 18.6. The molecule has 1 aromatic carbocycles. The maximum Gasteiger partial charge on any atom is 0.242 e. The number of carbonyl (C=O) groups is 3. The molecular formula is C19H27N3O3. The summed E-state index contributed by atoms with van der Waals surface area (Å²) in [6, 6.07) is 5.92. The Morgan fingerprint density at radius 2 is 1.64 bits per heavy atom. The van der Waals surface area contributed by atoms with Crippen LogP contribution in [0.5, 0.6) is 0 Å². The van der Waals surface area contributed by atoms with Crippen LogP contribution < -0.4 is 4.90 Å². The van der Waals surface area contributed by atoms with E-state index in [1.54, 1.807) is 21.6 Å². The standard InChI is InChI=1S/C19H27N3O3/c1-5-17-8-6-7-14(2)19(17)22(16(4)24)13-18(25)21-11-9-20(10-12-21)15(3)23/h6-8H,5,9-13H2,1-4H3. The summed E-state index contributed by atoms with van der Waals surface area (Å²) >= 11 is 0. The number of piperazine rings is 1. The smallest absolute Gasteiger partial charge is 0.242 e. The highest BCUT2D eigenvalue weighted by Crippen LogP contribution is 2.26. The van der Waals surface area contributed by atoms with Gasteiger partial charge in [0.2, 0.25) is 17.7 Å². The lowest BCUT2D eigenvalue weighted by molar-refractivity contribution is -0.137. The van der Waals surface area contributed by atoms with Crippen LogP contribution in [-0.4, -0.2) is 60.2 Å². The molecule has 2 rings (SSSR count). The average molecular weight is 345 g/mol. The molecule has 3 amide bonds. The molecule has 0 bridgehead atoms. The zero-order valence-corrected chi connectivity index (χ0v) is 15.5. The number of anilines is 1. The van der Waals surface area contributed by atoms with Crippen LogP contribution in [0.25, 0.3) is 0 Å². The highest BCUT2D eigenvalue weighted by molar-refractivity contribution is 5.98. The zero-order valence-electron chi connectivity index (χ0n) is 15.5. The number of benzene rings is 1. The highest BCUT2D eigenvalue weighted by Gasteiger charge is 2.26. The van der Waals surface area contributed by atoms with Crippen molar-refractivity contribution in [3.63, 3.8) is 0 Å². The van der Waals surface area contributed by atoms with E-state index in [2.05, 4.69) is 0 Å². The van der Waals surface area contributed by atoms with Gasteiger partial charge in [0.25, 0.3) is 0 Å². The molecule has 6 heteroatoms. The van der Waals surface area contributed by atoms with Gasteiger partial charge in [-0.2, -0.15) is 0 Å². The Morgan fingerprint density at radius 3 is 2.16 bits per heavy atom. The van der Waals surface area contributed by atoms with Gasteiger partial charge in [0.05, 0.1) is 5.69 Å². The van der Waals surface area contributed by atoms with E-state index in [1.807, 2.05) is 32.0 Å². The first kappa shape index (κ1) is 19.0. The Balaban J connectivity index is 2.14. The number of nitrogens with zero attached hydrogens (tertiary/aromatic N) is 3. The lowest BCUT2D eigenvalue weighted by Gasteiger charge is -2.35. The van der Waals surface area contributed by atoms with Gasteiger partial charge in [-0.25, -0.2) is 0 Å². The number of rotatable bonds is 4. The van der Waals surface area contributed by atoms with Crippen molar-refractivity contribution in [2.45, 2.75) is 34.1 Å². The van der Waals surface area contributed by atoms with Crippen molar-refractivity contribution >= 4 is 23.4 Å². The first-order chi connectivity index (χ1) is 11.8. The fourth-order valence-corrected chi connectivity index (χ4v) is 3.25. The van der Waals surface area contributed by atoms with E-state index in [4.69, 9.17) is 0 Å². The third-order valence-electron chi connectivity index (χ3n) is 4.72. The first-order valence-corrected chi connectivity index (χ1v) is 8.75. The van der Waals surface area contributed by atoms with Gasteiger partial charge in [-0.05, 0) is 24.5 Å². The van der Waals surface area contributed by atoms with Crippen molar-refractivity contribution in [2.24, 2.45) is 0 Å². The van der Waals surface area contributed by atoms with Crippen LogP contribution in [0.1, 0.15) is 31.9 Å². The molecule has 0 saturated carbocycles. The van der Waals surface area contributed by atoms with Crippen molar-refractivity contribution in [2.75, 3.05) is 37.6 Å². The Bertz CT molecular complexity index is 664. The first-order valence-electron chi connectivity index (χ1n) is 8.75. The largest absolute Gasteiger partial charge is 0.339 e. The van der Waals surface area contributed by atoms with Crippen molar-refractivity contribution in [1.29, 1.82) is 0 Å². The lowest BCUT2D eigenvalue weighted by Crippen LogP contribution is -2.52. The van der Waals surface area contributed by atoms with Gasteiger partial charge in [-0.15, -0.1) is 0 Å². The Kier molecular flexibility index (Phi) is 6.17. The molecule has 0 spiro atoms. The van der Waals surface area contributed by atoms with Crippen LogP contribution in [0.4, 0.5) is 5.69 Å². The van der Waals surface area contributed by atoms with E-state index in [0.29, 0.717) is 26.2 Å². The molecule has 1 heterocycles. The predicted octanol–water partition coefficient (Wildman–Crippen LogP) is 1.60. The monoisotopic (exact) mass is 345 g/mol. The molecule has 0 unspecified atom stereocenters. The summed E-state index contributed by atoms with van der Waals surface area (Å²) in [6.07, 6.45) is 0.798. The van der Waals surface area contributed by atoms with Crippen LogP contribution in [0, 0.1) is 6.92 Å². The molecule has 1 aliphatic rings. The minimum atomic E-state index is -0.139. The third kappa shape index (κ3) is 4.38. The minimum Gasteiger partial charge on any atom is -0.339 e. The van der Waals surface area contributed by atoms with E-state index in [1.165, 1.54) is 6.92 Å². The van der Waals surface area contributed by atoms with Crippen LogP contribution >= 0.6 is 0 Å². The Morgan fingerprint density at radius 1 is 1.04 bits per heavy atom. The van der Waals surface area contributed by atoms with Gasteiger partial charge in [0.15, 0.2) is 0 Å². The Hall–Kier alpha value is -2.37. The molecule has 25 heavy (non-hydrogen) atoms.